The van der Waals surface area contributed by atoms with Crippen molar-refractivity contribution >= 4 is 38.9 Å². The highest BCUT2D eigenvalue weighted by Crippen LogP contribution is 2.28. The van der Waals surface area contributed by atoms with E-state index in [1.54, 1.807) is 47.4 Å². The second-order valence-corrected chi connectivity index (χ2v) is 9.22. The molecule has 1 heterocycles. The molecule has 2 aromatic rings. The summed E-state index contributed by atoms with van der Waals surface area (Å²) in [5, 5.41) is 0.796. The quantitative estimate of drug-likeness (QED) is 0.702. The molecular formula is C19H19Cl2NO4S. The van der Waals surface area contributed by atoms with Crippen LogP contribution in [-0.2, 0) is 14.6 Å². The number of sulfone groups is 1. The number of benzene rings is 2. The largest absolute Gasteiger partial charge is 0.482 e. The summed E-state index contributed by atoms with van der Waals surface area (Å²) in [7, 11) is -3.46. The smallest absolute Gasteiger partial charge is 0.260 e. The van der Waals surface area contributed by atoms with E-state index in [9.17, 15) is 13.2 Å². The lowest BCUT2D eigenvalue weighted by molar-refractivity contribution is -0.133. The minimum Gasteiger partial charge on any atom is -0.482 e. The van der Waals surface area contributed by atoms with Gasteiger partial charge in [0.15, 0.2) is 16.4 Å². The first-order valence-electron chi connectivity index (χ1n) is 8.52. The number of carbonyl (C=O) groups excluding carboxylic acids is 1. The van der Waals surface area contributed by atoms with E-state index in [2.05, 4.69) is 0 Å². The maximum Gasteiger partial charge on any atom is 0.260 e. The fraction of sp³-hybridized carbons (Fsp3) is 0.316. The molecule has 0 aliphatic carbocycles. The van der Waals surface area contributed by atoms with Crippen LogP contribution in [0.5, 0.6) is 5.75 Å². The van der Waals surface area contributed by atoms with Crippen LogP contribution in [0, 0.1) is 0 Å². The summed E-state index contributed by atoms with van der Waals surface area (Å²) < 4.78 is 30.7. The Morgan fingerprint density at radius 3 is 2.59 bits per heavy atom. The number of hydrogen-bond acceptors (Lipinski definition) is 4. The third-order valence-electron chi connectivity index (χ3n) is 4.46. The second-order valence-electron chi connectivity index (χ2n) is 6.34. The highest BCUT2D eigenvalue weighted by molar-refractivity contribution is 7.91. The van der Waals surface area contributed by atoms with Crippen LogP contribution in [0.25, 0.3) is 0 Å². The third-order valence-corrected chi connectivity index (χ3v) is 6.80. The van der Waals surface area contributed by atoms with Gasteiger partial charge in [-0.25, -0.2) is 8.42 Å². The number of rotatable bonds is 6. The van der Waals surface area contributed by atoms with Crippen molar-refractivity contribution < 1.29 is 17.9 Å². The predicted octanol–water partition coefficient (Wildman–Crippen LogP) is 3.84. The Bertz CT molecular complexity index is 919. The Kier molecular flexibility index (Phi) is 6.29. The highest BCUT2D eigenvalue weighted by atomic mass is 35.5. The van der Waals surface area contributed by atoms with Crippen molar-refractivity contribution in [3.63, 3.8) is 0 Å². The van der Waals surface area contributed by atoms with E-state index >= 15 is 0 Å². The van der Waals surface area contributed by atoms with Gasteiger partial charge in [-0.3, -0.25) is 4.79 Å². The van der Waals surface area contributed by atoms with Crippen molar-refractivity contribution in [3.05, 3.63) is 58.6 Å². The van der Waals surface area contributed by atoms with Gasteiger partial charge in [-0.15, -0.1) is 0 Å². The average Bonchev–Trinajstić information content (AvgIpc) is 3.09. The van der Waals surface area contributed by atoms with E-state index in [1.807, 2.05) is 0 Å². The first kappa shape index (κ1) is 20.0. The van der Waals surface area contributed by atoms with Gasteiger partial charge in [0.05, 0.1) is 15.7 Å². The minimum absolute atomic E-state index is 0.0928. The van der Waals surface area contributed by atoms with Gasteiger partial charge in [0.1, 0.15) is 5.75 Å². The van der Waals surface area contributed by atoms with Crippen molar-refractivity contribution in [1.82, 2.24) is 4.90 Å². The molecule has 0 N–H and O–H groups in total. The molecular weight excluding hydrogens is 409 g/mol. The Morgan fingerprint density at radius 1 is 1.15 bits per heavy atom. The van der Waals surface area contributed by atoms with Crippen LogP contribution in [0.4, 0.5) is 0 Å². The summed E-state index contributed by atoms with van der Waals surface area (Å²) >= 11 is 11.9. The molecule has 2 aromatic carbocycles. The minimum atomic E-state index is -3.46. The standard InChI is InChI=1S/C19H19Cl2NO4S/c20-14-8-9-18(17(21)11-14)26-12-19(23)22-10-4-5-15(22)13-27(24,25)16-6-2-1-3-7-16/h1-3,6-9,11,15H,4-5,10,12-13H2. The van der Waals surface area contributed by atoms with Crippen molar-refractivity contribution in [2.24, 2.45) is 0 Å². The molecule has 0 aromatic heterocycles. The fourth-order valence-corrected chi connectivity index (χ4v) is 5.21. The summed E-state index contributed by atoms with van der Waals surface area (Å²) in [5.41, 5.74) is 0. The van der Waals surface area contributed by atoms with Gasteiger partial charge in [0.25, 0.3) is 5.91 Å². The van der Waals surface area contributed by atoms with Gasteiger partial charge in [0, 0.05) is 17.6 Å². The van der Waals surface area contributed by atoms with Gasteiger partial charge >= 0.3 is 0 Å². The molecule has 0 spiro atoms. The molecule has 0 saturated carbocycles. The van der Waals surface area contributed by atoms with Gasteiger partial charge in [-0.05, 0) is 43.2 Å². The number of likely N-dealkylation sites (tertiary alicyclic amines) is 1. The first-order valence-corrected chi connectivity index (χ1v) is 10.9. The lowest BCUT2D eigenvalue weighted by atomic mass is 10.2. The zero-order valence-electron chi connectivity index (χ0n) is 14.5. The average molecular weight is 428 g/mol. The van der Waals surface area contributed by atoms with Crippen LogP contribution in [0.1, 0.15) is 12.8 Å². The molecule has 1 amide bonds. The van der Waals surface area contributed by atoms with E-state index in [4.69, 9.17) is 27.9 Å². The summed E-state index contributed by atoms with van der Waals surface area (Å²) in [6, 6.07) is 12.7. The zero-order chi connectivity index (χ0) is 19.4. The molecule has 3 rings (SSSR count). The highest BCUT2D eigenvalue weighted by Gasteiger charge is 2.33. The van der Waals surface area contributed by atoms with Crippen LogP contribution in [0.3, 0.4) is 0 Å². The number of nitrogens with zero attached hydrogens (tertiary/aromatic N) is 1. The topological polar surface area (TPSA) is 63.7 Å². The molecule has 8 heteroatoms. The van der Waals surface area contributed by atoms with E-state index in [1.165, 1.54) is 6.07 Å². The molecule has 1 saturated heterocycles. The Hall–Kier alpha value is -1.76. The van der Waals surface area contributed by atoms with Crippen LogP contribution in [0.15, 0.2) is 53.4 Å². The molecule has 1 unspecified atom stereocenters. The number of carbonyl (C=O) groups is 1. The van der Waals surface area contributed by atoms with E-state index in [0.717, 1.165) is 6.42 Å². The normalized spacial score (nSPS) is 17.1. The van der Waals surface area contributed by atoms with Crippen LogP contribution in [0.2, 0.25) is 10.0 Å². The molecule has 0 radical (unpaired) electrons. The van der Waals surface area contributed by atoms with Crippen LogP contribution >= 0.6 is 23.2 Å². The van der Waals surface area contributed by atoms with E-state index in [0.29, 0.717) is 28.8 Å². The van der Waals surface area contributed by atoms with Crippen LogP contribution in [-0.4, -0.2) is 44.2 Å². The summed E-state index contributed by atoms with van der Waals surface area (Å²) in [6.45, 7) is 0.314. The summed E-state index contributed by atoms with van der Waals surface area (Å²) in [4.78, 5) is 14.4. The SMILES string of the molecule is O=C(COc1ccc(Cl)cc1Cl)N1CCCC1CS(=O)(=O)c1ccccc1. The number of amides is 1. The van der Waals surface area contributed by atoms with E-state index < -0.39 is 9.84 Å². The molecule has 1 atom stereocenters. The summed E-state index contributed by atoms with van der Waals surface area (Å²) in [6.07, 6.45) is 1.42. The van der Waals surface area contributed by atoms with Crippen molar-refractivity contribution in [3.8, 4) is 5.75 Å². The predicted molar refractivity (Wildman–Crippen MR) is 105 cm³/mol. The first-order chi connectivity index (χ1) is 12.9. The lowest BCUT2D eigenvalue weighted by Crippen LogP contribution is -2.42. The number of ether oxygens (including phenoxy) is 1. The number of hydrogen-bond donors (Lipinski definition) is 0. The van der Waals surface area contributed by atoms with Gasteiger partial charge in [-0.1, -0.05) is 41.4 Å². The van der Waals surface area contributed by atoms with Gasteiger partial charge in [0.2, 0.25) is 0 Å². The molecule has 1 aliphatic heterocycles. The maximum atomic E-state index is 12.6. The van der Waals surface area contributed by atoms with Gasteiger partial charge < -0.3 is 9.64 Å². The molecule has 1 aliphatic rings. The molecule has 27 heavy (non-hydrogen) atoms. The molecule has 5 nitrogen and oxygen atoms in total. The monoisotopic (exact) mass is 427 g/mol. The van der Waals surface area contributed by atoms with Crippen molar-refractivity contribution in [2.45, 2.75) is 23.8 Å². The summed E-state index contributed by atoms with van der Waals surface area (Å²) in [5.74, 6) is 0.0126. The molecule has 0 bridgehead atoms. The Labute approximate surface area is 168 Å². The lowest BCUT2D eigenvalue weighted by Gasteiger charge is -2.24. The third kappa shape index (κ3) is 4.94. The Balaban J connectivity index is 1.64. The molecule has 1 fully saturated rings. The Morgan fingerprint density at radius 2 is 1.89 bits per heavy atom. The van der Waals surface area contributed by atoms with Crippen molar-refractivity contribution in [1.29, 1.82) is 0 Å². The van der Waals surface area contributed by atoms with Crippen molar-refractivity contribution in [2.75, 3.05) is 18.9 Å². The maximum absolute atomic E-state index is 12.6. The fourth-order valence-electron chi connectivity index (χ4n) is 3.13. The van der Waals surface area contributed by atoms with Crippen LogP contribution < -0.4 is 4.74 Å². The zero-order valence-corrected chi connectivity index (χ0v) is 16.8. The van der Waals surface area contributed by atoms with E-state index in [-0.39, 0.29) is 29.2 Å². The second kappa shape index (κ2) is 8.50. The molecule has 144 valence electrons. The van der Waals surface area contributed by atoms with Gasteiger partial charge in [-0.2, -0.15) is 0 Å². The number of halogens is 2.